The molecule has 0 unspecified atom stereocenters. The summed E-state index contributed by atoms with van der Waals surface area (Å²) in [6, 6.07) is 13.5. The van der Waals surface area contributed by atoms with E-state index in [0.29, 0.717) is 0 Å². The molecule has 4 heteroatoms. The van der Waals surface area contributed by atoms with Crippen LogP contribution in [0.5, 0.6) is 0 Å². The highest BCUT2D eigenvalue weighted by Gasteiger charge is 2.16. The molecule has 0 aromatic heterocycles. The molecule has 0 heterocycles. The number of thiocarbonyl (C=S) groups is 1. The number of nitrogens with zero attached hydrogens (tertiary/aromatic N) is 1. The average molecular weight is 244 g/mol. The third kappa shape index (κ3) is 2.12. The van der Waals surface area contributed by atoms with Crippen LogP contribution in [0.15, 0.2) is 42.5 Å². The smallest absolute Gasteiger partial charge is 0.230 e. The predicted octanol–water partition coefficient (Wildman–Crippen LogP) is 2.44. The zero-order valence-electron chi connectivity index (χ0n) is 9.38. The maximum absolute atomic E-state index is 11.6. The van der Waals surface area contributed by atoms with Gasteiger partial charge in [0.2, 0.25) is 5.91 Å². The van der Waals surface area contributed by atoms with Crippen LogP contribution in [0.3, 0.4) is 0 Å². The Balaban J connectivity index is 2.69. The highest BCUT2D eigenvalue weighted by Crippen LogP contribution is 2.26. The first-order valence-corrected chi connectivity index (χ1v) is 5.60. The lowest BCUT2D eigenvalue weighted by Gasteiger charge is -2.20. The Morgan fingerprint density at radius 2 is 1.82 bits per heavy atom. The van der Waals surface area contributed by atoms with Crippen molar-refractivity contribution in [1.82, 2.24) is 0 Å². The van der Waals surface area contributed by atoms with E-state index in [1.807, 2.05) is 42.5 Å². The van der Waals surface area contributed by atoms with Crippen molar-refractivity contribution in [3.63, 3.8) is 0 Å². The molecule has 3 nitrogen and oxygen atoms in total. The summed E-state index contributed by atoms with van der Waals surface area (Å²) in [6.45, 7) is 1.45. The Morgan fingerprint density at radius 1 is 1.18 bits per heavy atom. The van der Waals surface area contributed by atoms with Crippen LogP contribution in [0.25, 0.3) is 10.8 Å². The van der Waals surface area contributed by atoms with Gasteiger partial charge in [0.05, 0.1) is 5.69 Å². The number of nitrogens with two attached hydrogens (primary N) is 1. The van der Waals surface area contributed by atoms with Crippen molar-refractivity contribution >= 4 is 39.7 Å². The average Bonchev–Trinajstić information content (AvgIpc) is 2.28. The maximum Gasteiger partial charge on any atom is 0.230 e. The molecule has 1 amide bonds. The van der Waals surface area contributed by atoms with Gasteiger partial charge in [0.25, 0.3) is 0 Å². The number of fused-ring (bicyclic) bond motifs is 1. The molecule has 0 saturated heterocycles. The molecule has 0 spiro atoms. The fourth-order valence-corrected chi connectivity index (χ4v) is 2.07. The van der Waals surface area contributed by atoms with Crippen LogP contribution in [-0.2, 0) is 4.79 Å². The number of rotatable bonds is 1. The summed E-state index contributed by atoms with van der Waals surface area (Å²) >= 11 is 4.92. The van der Waals surface area contributed by atoms with Gasteiger partial charge in [-0.15, -0.1) is 0 Å². The van der Waals surface area contributed by atoms with Crippen molar-refractivity contribution < 1.29 is 4.79 Å². The summed E-state index contributed by atoms with van der Waals surface area (Å²) in [5, 5.41) is 2.07. The van der Waals surface area contributed by atoms with Crippen molar-refractivity contribution in [2.24, 2.45) is 5.73 Å². The minimum Gasteiger partial charge on any atom is -0.376 e. The topological polar surface area (TPSA) is 46.3 Å². The van der Waals surface area contributed by atoms with Crippen LogP contribution in [0.1, 0.15) is 6.92 Å². The quantitative estimate of drug-likeness (QED) is 0.784. The molecule has 0 aliphatic carbocycles. The maximum atomic E-state index is 11.6. The zero-order valence-corrected chi connectivity index (χ0v) is 10.2. The molecule has 2 aromatic rings. The van der Waals surface area contributed by atoms with Crippen molar-refractivity contribution in [2.75, 3.05) is 4.90 Å². The van der Waals surface area contributed by atoms with Gasteiger partial charge in [-0.1, -0.05) is 36.4 Å². The largest absolute Gasteiger partial charge is 0.376 e. The third-order valence-corrected chi connectivity index (χ3v) is 2.73. The summed E-state index contributed by atoms with van der Waals surface area (Å²) in [4.78, 5) is 12.9. The number of amides is 1. The summed E-state index contributed by atoms with van der Waals surface area (Å²) in [7, 11) is 0. The first-order valence-electron chi connectivity index (χ1n) is 5.19. The minimum atomic E-state index is -0.186. The highest BCUT2D eigenvalue weighted by atomic mass is 32.1. The third-order valence-electron chi connectivity index (χ3n) is 2.54. The second kappa shape index (κ2) is 4.51. The van der Waals surface area contributed by atoms with Gasteiger partial charge in [0.1, 0.15) is 0 Å². The van der Waals surface area contributed by atoms with Crippen LogP contribution in [0.2, 0.25) is 0 Å². The molecule has 2 rings (SSSR count). The van der Waals surface area contributed by atoms with Crippen LogP contribution in [0.4, 0.5) is 5.69 Å². The first-order chi connectivity index (χ1) is 8.11. The first kappa shape index (κ1) is 11.5. The van der Waals surface area contributed by atoms with Gasteiger partial charge in [-0.3, -0.25) is 9.69 Å². The van der Waals surface area contributed by atoms with Crippen LogP contribution in [-0.4, -0.2) is 11.0 Å². The molecule has 17 heavy (non-hydrogen) atoms. The van der Waals surface area contributed by atoms with Crippen molar-refractivity contribution in [3.05, 3.63) is 42.5 Å². The second-order valence-corrected chi connectivity index (χ2v) is 4.11. The number of carbonyl (C=O) groups excluding carboxylic acids is 1. The molecule has 86 valence electrons. The molecule has 0 fully saturated rings. The van der Waals surface area contributed by atoms with Gasteiger partial charge in [0, 0.05) is 12.3 Å². The van der Waals surface area contributed by atoms with E-state index in [-0.39, 0.29) is 11.0 Å². The van der Waals surface area contributed by atoms with Crippen molar-refractivity contribution in [3.8, 4) is 0 Å². The van der Waals surface area contributed by atoms with Gasteiger partial charge in [-0.05, 0) is 23.7 Å². The van der Waals surface area contributed by atoms with Crippen LogP contribution >= 0.6 is 12.2 Å². The molecule has 0 aliphatic heterocycles. The van der Waals surface area contributed by atoms with E-state index in [2.05, 4.69) is 0 Å². The molecule has 0 saturated carbocycles. The predicted molar refractivity (Wildman–Crippen MR) is 73.9 cm³/mol. The molecule has 2 aromatic carbocycles. The number of carbonyl (C=O) groups is 1. The standard InChI is InChI=1S/C13H12N2OS/c1-9(16)15(13(14)17)12-8-4-6-10-5-2-3-7-11(10)12/h2-8H,1H3,(H2,14,17). The summed E-state index contributed by atoms with van der Waals surface area (Å²) in [5.74, 6) is -0.186. The normalized spacial score (nSPS) is 10.2. The van der Waals surface area contributed by atoms with Gasteiger partial charge in [-0.2, -0.15) is 0 Å². The second-order valence-electron chi connectivity index (χ2n) is 3.69. The number of hydrogen-bond acceptors (Lipinski definition) is 2. The van der Waals surface area contributed by atoms with Crippen molar-refractivity contribution in [1.29, 1.82) is 0 Å². The van der Waals surface area contributed by atoms with E-state index >= 15 is 0 Å². The minimum absolute atomic E-state index is 0.0638. The zero-order chi connectivity index (χ0) is 12.4. The van der Waals surface area contributed by atoms with E-state index in [4.69, 9.17) is 18.0 Å². The Hall–Kier alpha value is -1.94. The lowest BCUT2D eigenvalue weighted by molar-refractivity contribution is -0.115. The van der Waals surface area contributed by atoms with E-state index in [0.717, 1.165) is 16.5 Å². The van der Waals surface area contributed by atoms with Gasteiger partial charge in [0.15, 0.2) is 5.11 Å². The Labute approximate surface area is 105 Å². The van der Waals surface area contributed by atoms with E-state index in [1.165, 1.54) is 11.8 Å². The van der Waals surface area contributed by atoms with Crippen LogP contribution in [0, 0.1) is 0 Å². The Morgan fingerprint density at radius 3 is 2.47 bits per heavy atom. The molecule has 0 radical (unpaired) electrons. The number of benzene rings is 2. The molecule has 0 atom stereocenters. The number of hydrogen-bond donors (Lipinski definition) is 1. The fourth-order valence-electron chi connectivity index (χ4n) is 1.85. The Bertz CT molecular complexity index is 575. The molecule has 0 bridgehead atoms. The van der Waals surface area contributed by atoms with Gasteiger partial charge in [-0.25, -0.2) is 0 Å². The molecule has 0 aliphatic rings. The molecule has 2 N–H and O–H groups in total. The highest BCUT2D eigenvalue weighted by molar-refractivity contribution is 7.80. The molecular formula is C13H12N2OS. The lowest BCUT2D eigenvalue weighted by Crippen LogP contribution is -2.39. The van der Waals surface area contributed by atoms with E-state index < -0.39 is 0 Å². The van der Waals surface area contributed by atoms with Gasteiger partial charge < -0.3 is 5.73 Å². The monoisotopic (exact) mass is 244 g/mol. The van der Waals surface area contributed by atoms with Gasteiger partial charge >= 0.3 is 0 Å². The van der Waals surface area contributed by atoms with E-state index in [9.17, 15) is 4.79 Å². The van der Waals surface area contributed by atoms with Crippen molar-refractivity contribution in [2.45, 2.75) is 6.92 Å². The van der Waals surface area contributed by atoms with Crippen LogP contribution < -0.4 is 10.6 Å². The number of anilines is 1. The summed E-state index contributed by atoms with van der Waals surface area (Å²) in [6.07, 6.45) is 0. The lowest BCUT2D eigenvalue weighted by atomic mass is 10.1. The summed E-state index contributed by atoms with van der Waals surface area (Å²) < 4.78 is 0. The fraction of sp³-hybridized carbons (Fsp3) is 0.0769. The molecular weight excluding hydrogens is 232 g/mol. The van der Waals surface area contributed by atoms with E-state index in [1.54, 1.807) is 0 Å². The Kier molecular flexibility index (Phi) is 3.06. The summed E-state index contributed by atoms with van der Waals surface area (Å²) in [5.41, 5.74) is 6.32. The SMILES string of the molecule is CC(=O)N(C(N)=S)c1cccc2ccccc12.